The van der Waals surface area contributed by atoms with Crippen molar-refractivity contribution in [2.24, 2.45) is 0 Å². The summed E-state index contributed by atoms with van der Waals surface area (Å²) in [6, 6.07) is 10.9. The van der Waals surface area contributed by atoms with Gasteiger partial charge in [0.2, 0.25) is 0 Å². The second kappa shape index (κ2) is 6.59. The van der Waals surface area contributed by atoms with E-state index in [0.29, 0.717) is 16.9 Å². The molecule has 2 aromatic rings. The molecule has 1 amide bonds. The Morgan fingerprint density at radius 1 is 1.43 bits per heavy atom. The fourth-order valence-electron chi connectivity index (χ4n) is 2.15. The molecule has 0 N–H and O–H groups in total. The van der Waals surface area contributed by atoms with Gasteiger partial charge in [0.1, 0.15) is 5.69 Å². The van der Waals surface area contributed by atoms with E-state index in [0.717, 1.165) is 17.4 Å². The van der Waals surface area contributed by atoms with Gasteiger partial charge in [0.25, 0.3) is 5.91 Å². The lowest BCUT2D eigenvalue weighted by Gasteiger charge is -2.18. The van der Waals surface area contributed by atoms with Crippen LogP contribution in [0.4, 0.5) is 5.69 Å². The van der Waals surface area contributed by atoms with E-state index in [2.05, 4.69) is 28.9 Å². The third-order valence-electron chi connectivity index (χ3n) is 3.21. The van der Waals surface area contributed by atoms with Crippen LogP contribution in [0, 0.1) is 11.3 Å². The molecule has 108 valence electrons. The van der Waals surface area contributed by atoms with Gasteiger partial charge in [-0.25, -0.2) is 0 Å². The molecular formula is C16H16BrN3O. The smallest absolute Gasteiger partial charge is 0.274 e. The number of hydrogen-bond donors (Lipinski definition) is 0. The lowest BCUT2D eigenvalue weighted by molar-refractivity contribution is 0.0984. The summed E-state index contributed by atoms with van der Waals surface area (Å²) in [6.45, 7) is 2.86. The highest BCUT2D eigenvalue weighted by Gasteiger charge is 2.18. The maximum Gasteiger partial charge on any atom is 0.274 e. The van der Waals surface area contributed by atoms with E-state index in [-0.39, 0.29) is 5.91 Å². The standard InChI is InChI=1S/C16H16BrN3O/c1-3-7-20-11-13(17)9-15(20)16(21)19(2)14-6-4-5-12(8-14)10-18/h4-6,8-9,11H,3,7H2,1-2H3. The van der Waals surface area contributed by atoms with Gasteiger partial charge in [0.05, 0.1) is 11.6 Å². The second-order valence-corrected chi connectivity index (χ2v) is 5.68. The molecule has 4 nitrogen and oxygen atoms in total. The van der Waals surface area contributed by atoms with Gasteiger partial charge in [-0.15, -0.1) is 0 Å². The molecule has 2 rings (SSSR count). The Balaban J connectivity index is 2.33. The van der Waals surface area contributed by atoms with E-state index in [1.807, 2.05) is 22.9 Å². The minimum absolute atomic E-state index is 0.0933. The molecular weight excluding hydrogens is 330 g/mol. The minimum Gasteiger partial charge on any atom is -0.342 e. The van der Waals surface area contributed by atoms with Crippen molar-refractivity contribution in [2.75, 3.05) is 11.9 Å². The molecule has 1 heterocycles. The number of amides is 1. The van der Waals surface area contributed by atoms with E-state index in [1.54, 1.807) is 30.1 Å². The average Bonchev–Trinajstić information content (AvgIpc) is 2.87. The van der Waals surface area contributed by atoms with Crippen molar-refractivity contribution in [3.8, 4) is 6.07 Å². The number of anilines is 1. The molecule has 0 spiro atoms. The first kappa shape index (κ1) is 15.3. The molecule has 0 saturated heterocycles. The lowest BCUT2D eigenvalue weighted by Crippen LogP contribution is -2.28. The monoisotopic (exact) mass is 345 g/mol. The number of carbonyl (C=O) groups is 1. The van der Waals surface area contributed by atoms with Crippen molar-refractivity contribution < 1.29 is 4.79 Å². The normalized spacial score (nSPS) is 10.2. The van der Waals surface area contributed by atoms with Crippen LogP contribution < -0.4 is 4.90 Å². The largest absolute Gasteiger partial charge is 0.342 e. The van der Waals surface area contributed by atoms with Crippen molar-refractivity contribution in [1.29, 1.82) is 5.26 Å². The van der Waals surface area contributed by atoms with E-state index in [9.17, 15) is 4.79 Å². The number of halogens is 1. The number of carbonyl (C=O) groups excluding carboxylic acids is 1. The lowest BCUT2D eigenvalue weighted by atomic mass is 10.2. The first-order valence-corrected chi connectivity index (χ1v) is 7.50. The summed E-state index contributed by atoms with van der Waals surface area (Å²) >= 11 is 3.41. The fraction of sp³-hybridized carbons (Fsp3) is 0.250. The van der Waals surface area contributed by atoms with Crippen LogP contribution in [0.3, 0.4) is 0 Å². The molecule has 5 heteroatoms. The van der Waals surface area contributed by atoms with Gasteiger partial charge in [-0.1, -0.05) is 13.0 Å². The Bertz CT molecular complexity index is 700. The summed E-state index contributed by atoms with van der Waals surface area (Å²) in [5, 5.41) is 8.95. The van der Waals surface area contributed by atoms with Crippen LogP contribution in [-0.2, 0) is 6.54 Å². The molecule has 0 aliphatic rings. The maximum atomic E-state index is 12.7. The third-order valence-corrected chi connectivity index (χ3v) is 3.65. The summed E-state index contributed by atoms with van der Waals surface area (Å²) in [4.78, 5) is 14.2. The molecule has 0 bridgehead atoms. The van der Waals surface area contributed by atoms with Crippen LogP contribution in [0.15, 0.2) is 41.0 Å². The van der Waals surface area contributed by atoms with Gasteiger partial charge in [-0.3, -0.25) is 4.79 Å². The van der Waals surface area contributed by atoms with Crippen LogP contribution in [-0.4, -0.2) is 17.5 Å². The summed E-state index contributed by atoms with van der Waals surface area (Å²) in [7, 11) is 1.72. The van der Waals surface area contributed by atoms with Gasteiger partial charge >= 0.3 is 0 Å². The first-order valence-electron chi connectivity index (χ1n) is 6.70. The van der Waals surface area contributed by atoms with Gasteiger partial charge in [0.15, 0.2) is 0 Å². The number of hydrogen-bond acceptors (Lipinski definition) is 2. The van der Waals surface area contributed by atoms with Crippen LogP contribution in [0.5, 0.6) is 0 Å². The summed E-state index contributed by atoms with van der Waals surface area (Å²) in [5.74, 6) is -0.0933. The summed E-state index contributed by atoms with van der Waals surface area (Å²) < 4.78 is 2.83. The Morgan fingerprint density at radius 3 is 2.86 bits per heavy atom. The molecule has 1 aromatic carbocycles. The molecule has 0 aliphatic heterocycles. The highest BCUT2D eigenvalue weighted by atomic mass is 79.9. The van der Waals surface area contributed by atoms with Gasteiger partial charge in [-0.2, -0.15) is 5.26 Å². The maximum absolute atomic E-state index is 12.7. The SMILES string of the molecule is CCCn1cc(Br)cc1C(=O)N(C)c1cccc(C#N)c1. The van der Waals surface area contributed by atoms with Crippen LogP contribution >= 0.6 is 15.9 Å². The zero-order valence-electron chi connectivity index (χ0n) is 12.0. The molecule has 1 aromatic heterocycles. The zero-order chi connectivity index (χ0) is 15.4. The minimum atomic E-state index is -0.0933. The fourth-order valence-corrected chi connectivity index (χ4v) is 2.62. The predicted molar refractivity (Wildman–Crippen MR) is 86.3 cm³/mol. The van der Waals surface area contributed by atoms with Crippen LogP contribution in [0.1, 0.15) is 29.4 Å². The van der Waals surface area contributed by atoms with Gasteiger partial charge < -0.3 is 9.47 Å². The Kier molecular flexibility index (Phi) is 4.81. The van der Waals surface area contributed by atoms with E-state index in [4.69, 9.17) is 5.26 Å². The number of aromatic nitrogens is 1. The molecule has 0 aliphatic carbocycles. The zero-order valence-corrected chi connectivity index (χ0v) is 13.6. The van der Waals surface area contributed by atoms with Crippen molar-refractivity contribution in [3.05, 3.63) is 52.3 Å². The quantitative estimate of drug-likeness (QED) is 0.845. The summed E-state index contributed by atoms with van der Waals surface area (Å²) in [6.07, 6.45) is 2.87. The van der Waals surface area contributed by atoms with Crippen molar-refractivity contribution in [3.63, 3.8) is 0 Å². The number of aryl methyl sites for hydroxylation is 1. The molecule has 0 unspecified atom stereocenters. The molecule has 0 saturated carbocycles. The molecule has 21 heavy (non-hydrogen) atoms. The van der Waals surface area contributed by atoms with Gasteiger partial charge in [-0.05, 0) is 46.6 Å². The van der Waals surface area contributed by atoms with Crippen molar-refractivity contribution in [1.82, 2.24) is 4.57 Å². The highest BCUT2D eigenvalue weighted by molar-refractivity contribution is 9.10. The second-order valence-electron chi connectivity index (χ2n) is 4.76. The Hall–Kier alpha value is -2.06. The van der Waals surface area contributed by atoms with Gasteiger partial charge in [0, 0.05) is 29.9 Å². The topological polar surface area (TPSA) is 49.0 Å². The molecule has 0 fully saturated rings. The third kappa shape index (κ3) is 3.34. The van der Waals surface area contributed by atoms with E-state index < -0.39 is 0 Å². The van der Waals surface area contributed by atoms with E-state index in [1.165, 1.54) is 0 Å². The van der Waals surface area contributed by atoms with Crippen LogP contribution in [0.25, 0.3) is 0 Å². The Morgan fingerprint density at radius 2 is 2.19 bits per heavy atom. The Labute approximate surface area is 132 Å². The summed E-state index contributed by atoms with van der Waals surface area (Å²) in [5.41, 5.74) is 1.88. The molecule has 0 atom stereocenters. The van der Waals surface area contributed by atoms with E-state index >= 15 is 0 Å². The average molecular weight is 346 g/mol. The van der Waals surface area contributed by atoms with Crippen LogP contribution in [0.2, 0.25) is 0 Å². The number of nitrogens with zero attached hydrogens (tertiary/aromatic N) is 3. The number of nitriles is 1. The molecule has 0 radical (unpaired) electrons. The van der Waals surface area contributed by atoms with Crippen molar-refractivity contribution in [2.45, 2.75) is 19.9 Å². The van der Waals surface area contributed by atoms with Crippen molar-refractivity contribution >= 4 is 27.5 Å². The number of rotatable bonds is 4. The predicted octanol–water partition coefficient (Wildman–Crippen LogP) is 3.81. The first-order chi connectivity index (χ1) is 10.1. The number of benzene rings is 1. The highest BCUT2D eigenvalue weighted by Crippen LogP contribution is 2.21.